The van der Waals surface area contributed by atoms with Gasteiger partial charge in [0.15, 0.2) is 0 Å². The average molecular weight is 240 g/mol. The Morgan fingerprint density at radius 2 is 1.75 bits per heavy atom. The van der Waals surface area contributed by atoms with Crippen molar-refractivity contribution in [1.29, 1.82) is 0 Å². The lowest BCUT2D eigenvalue weighted by Gasteiger charge is -2.24. The summed E-state index contributed by atoms with van der Waals surface area (Å²) in [6, 6.07) is 0. The van der Waals surface area contributed by atoms with Crippen molar-refractivity contribution in [2.24, 2.45) is 5.92 Å². The molecule has 0 aliphatic carbocycles. The number of halogens is 3. The maximum atomic E-state index is 12.2. The van der Waals surface area contributed by atoms with Crippen LogP contribution in [0.2, 0.25) is 0 Å². The van der Waals surface area contributed by atoms with Gasteiger partial charge in [0.1, 0.15) is 5.60 Å². The Bertz CT molecular complexity index is 228. The Kier molecular flexibility index (Phi) is 5.29. The molecular weight excluding hydrogens is 221 g/mol. The normalized spacial score (nSPS) is 14.7. The van der Waals surface area contributed by atoms with E-state index in [-0.39, 0.29) is 6.42 Å². The van der Waals surface area contributed by atoms with Crippen molar-refractivity contribution in [3.05, 3.63) is 0 Å². The average Bonchev–Trinajstić information content (AvgIpc) is 1.97. The molecule has 1 atom stereocenters. The first-order valence-electron chi connectivity index (χ1n) is 5.35. The van der Waals surface area contributed by atoms with Gasteiger partial charge in [-0.1, -0.05) is 13.3 Å². The topological polar surface area (TPSA) is 26.3 Å². The minimum atomic E-state index is -4.32. The minimum Gasteiger partial charge on any atom is -0.460 e. The fourth-order valence-electron chi connectivity index (χ4n) is 1.32. The van der Waals surface area contributed by atoms with Crippen LogP contribution in [0.1, 0.15) is 47.0 Å². The fraction of sp³-hybridized carbons (Fsp3) is 0.909. The van der Waals surface area contributed by atoms with Gasteiger partial charge in [-0.25, -0.2) is 0 Å². The molecule has 0 spiro atoms. The summed E-state index contributed by atoms with van der Waals surface area (Å²) in [5, 5.41) is 0. The van der Waals surface area contributed by atoms with Crippen molar-refractivity contribution >= 4 is 5.97 Å². The summed E-state index contributed by atoms with van der Waals surface area (Å²) in [6.07, 6.45) is -4.69. The second-order valence-electron chi connectivity index (χ2n) is 4.84. The van der Waals surface area contributed by atoms with Crippen molar-refractivity contribution in [3.63, 3.8) is 0 Å². The van der Waals surface area contributed by atoms with Gasteiger partial charge in [-0.15, -0.1) is 0 Å². The van der Waals surface area contributed by atoms with Gasteiger partial charge in [0.2, 0.25) is 0 Å². The zero-order chi connectivity index (χ0) is 13.0. The molecule has 1 unspecified atom stereocenters. The Balaban J connectivity index is 4.47. The Hall–Kier alpha value is -0.740. The van der Waals surface area contributed by atoms with E-state index in [1.54, 1.807) is 27.7 Å². The molecule has 16 heavy (non-hydrogen) atoms. The van der Waals surface area contributed by atoms with Crippen LogP contribution in [0, 0.1) is 5.92 Å². The van der Waals surface area contributed by atoms with Crippen LogP contribution in [0.15, 0.2) is 0 Å². The highest BCUT2D eigenvalue weighted by Crippen LogP contribution is 2.29. The molecule has 0 rings (SSSR count). The van der Waals surface area contributed by atoms with E-state index in [0.717, 1.165) is 0 Å². The van der Waals surface area contributed by atoms with Crippen LogP contribution in [0.25, 0.3) is 0 Å². The van der Waals surface area contributed by atoms with Gasteiger partial charge in [0.25, 0.3) is 0 Å². The van der Waals surface area contributed by atoms with Crippen LogP contribution < -0.4 is 0 Å². The van der Waals surface area contributed by atoms with Crippen LogP contribution in [-0.4, -0.2) is 17.7 Å². The third-order valence-electron chi connectivity index (χ3n) is 1.86. The third-order valence-corrected chi connectivity index (χ3v) is 1.86. The second kappa shape index (κ2) is 5.55. The first kappa shape index (κ1) is 15.3. The molecule has 0 heterocycles. The standard InChI is InChI=1S/C11H19F3O2/c1-5-6-8(7-11(12,13)14)9(15)16-10(2,3)4/h8H,5-7H2,1-4H3. The first-order valence-corrected chi connectivity index (χ1v) is 5.35. The highest BCUT2D eigenvalue weighted by atomic mass is 19.4. The number of hydrogen-bond donors (Lipinski definition) is 0. The van der Waals surface area contributed by atoms with Gasteiger partial charge in [0, 0.05) is 0 Å². The van der Waals surface area contributed by atoms with Gasteiger partial charge in [-0.05, 0) is 27.2 Å². The van der Waals surface area contributed by atoms with Crippen molar-refractivity contribution in [1.82, 2.24) is 0 Å². The number of rotatable bonds is 4. The number of ether oxygens (including phenoxy) is 1. The van der Waals surface area contributed by atoms with Crippen molar-refractivity contribution in [2.75, 3.05) is 0 Å². The van der Waals surface area contributed by atoms with E-state index in [1.807, 2.05) is 0 Å². The molecule has 0 aromatic carbocycles. The molecule has 0 aliphatic heterocycles. The van der Waals surface area contributed by atoms with Gasteiger partial charge in [0.05, 0.1) is 12.3 Å². The fourth-order valence-corrected chi connectivity index (χ4v) is 1.32. The number of esters is 1. The number of carbonyl (C=O) groups excluding carboxylic acids is 1. The largest absolute Gasteiger partial charge is 0.460 e. The lowest BCUT2D eigenvalue weighted by molar-refractivity contribution is -0.176. The summed E-state index contributed by atoms with van der Waals surface area (Å²) < 4.78 is 41.6. The molecule has 0 N–H and O–H groups in total. The van der Waals surface area contributed by atoms with Crippen molar-refractivity contribution < 1.29 is 22.7 Å². The van der Waals surface area contributed by atoms with E-state index >= 15 is 0 Å². The number of hydrogen-bond acceptors (Lipinski definition) is 2. The summed E-state index contributed by atoms with van der Waals surface area (Å²) in [4.78, 5) is 11.5. The van der Waals surface area contributed by atoms with Gasteiger partial charge < -0.3 is 4.74 Å². The highest BCUT2D eigenvalue weighted by molar-refractivity contribution is 5.72. The number of carbonyl (C=O) groups is 1. The van der Waals surface area contributed by atoms with Crippen LogP contribution in [0.4, 0.5) is 13.2 Å². The van der Waals surface area contributed by atoms with E-state index < -0.39 is 30.1 Å². The van der Waals surface area contributed by atoms with Crippen molar-refractivity contribution in [3.8, 4) is 0 Å². The molecule has 0 saturated heterocycles. The molecule has 2 nitrogen and oxygen atoms in total. The number of alkyl halides is 3. The first-order chi connectivity index (χ1) is 7.05. The van der Waals surface area contributed by atoms with Crippen LogP contribution >= 0.6 is 0 Å². The molecule has 0 bridgehead atoms. The molecule has 0 radical (unpaired) electrons. The summed E-state index contributed by atoms with van der Waals surface area (Å²) in [5.41, 5.74) is -0.741. The lowest BCUT2D eigenvalue weighted by atomic mass is 9.99. The highest BCUT2D eigenvalue weighted by Gasteiger charge is 2.36. The zero-order valence-electron chi connectivity index (χ0n) is 10.1. The van der Waals surface area contributed by atoms with E-state index in [9.17, 15) is 18.0 Å². The predicted molar refractivity (Wildman–Crippen MR) is 54.9 cm³/mol. The zero-order valence-corrected chi connectivity index (χ0v) is 10.1. The molecule has 5 heteroatoms. The molecule has 0 aromatic heterocycles. The van der Waals surface area contributed by atoms with E-state index in [4.69, 9.17) is 4.74 Å². The maximum Gasteiger partial charge on any atom is 0.389 e. The minimum absolute atomic E-state index is 0.203. The van der Waals surface area contributed by atoms with Gasteiger partial charge in [-0.3, -0.25) is 4.79 Å². The van der Waals surface area contributed by atoms with E-state index in [2.05, 4.69) is 0 Å². The van der Waals surface area contributed by atoms with E-state index in [1.165, 1.54) is 0 Å². The van der Waals surface area contributed by atoms with Crippen LogP contribution in [-0.2, 0) is 9.53 Å². The smallest absolute Gasteiger partial charge is 0.389 e. The SMILES string of the molecule is CCCC(CC(F)(F)F)C(=O)OC(C)(C)C. The molecule has 96 valence electrons. The third kappa shape index (κ3) is 7.54. The molecule has 0 aliphatic rings. The molecule has 0 saturated carbocycles. The quantitative estimate of drug-likeness (QED) is 0.700. The Morgan fingerprint density at radius 1 is 1.25 bits per heavy atom. The monoisotopic (exact) mass is 240 g/mol. The summed E-state index contributed by atoms with van der Waals surface area (Å²) in [5.74, 6) is -1.84. The van der Waals surface area contributed by atoms with E-state index in [0.29, 0.717) is 6.42 Å². The summed E-state index contributed by atoms with van der Waals surface area (Å²) >= 11 is 0. The molecule has 0 amide bonds. The Labute approximate surface area is 94.2 Å². The molecule has 0 aromatic rings. The second-order valence-corrected chi connectivity index (χ2v) is 4.84. The van der Waals surface area contributed by atoms with Gasteiger partial charge >= 0.3 is 12.1 Å². The van der Waals surface area contributed by atoms with Crippen molar-refractivity contribution in [2.45, 2.75) is 58.7 Å². The van der Waals surface area contributed by atoms with Crippen LogP contribution in [0.5, 0.6) is 0 Å². The summed E-state index contributed by atoms with van der Waals surface area (Å²) in [7, 11) is 0. The molecular formula is C11H19F3O2. The lowest BCUT2D eigenvalue weighted by Crippen LogP contribution is -2.31. The van der Waals surface area contributed by atoms with Crippen LogP contribution in [0.3, 0.4) is 0 Å². The summed E-state index contributed by atoms with van der Waals surface area (Å²) in [6.45, 7) is 6.66. The molecule has 0 fully saturated rings. The van der Waals surface area contributed by atoms with Gasteiger partial charge in [-0.2, -0.15) is 13.2 Å². The Morgan fingerprint density at radius 3 is 2.06 bits per heavy atom. The maximum absolute atomic E-state index is 12.2. The predicted octanol–water partition coefficient (Wildman–Crippen LogP) is 3.70.